The molecule has 1 aliphatic rings. The van der Waals surface area contributed by atoms with Gasteiger partial charge in [0.2, 0.25) is 5.95 Å². The van der Waals surface area contributed by atoms with Crippen LogP contribution < -0.4 is 25.8 Å². The van der Waals surface area contributed by atoms with Gasteiger partial charge in [-0.3, -0.25) is 9.59 Å². The van der Waals surface area contributed by atoms with E-state index in [-0.39, 0.29) is 23.8 Å². The number of carbonyl (C=O) groups is 1. The van der Waals surface area contributed by atoms with Crippen LogP contribution in [-0.4, -0.2) is 46.7 Å². The first-order valence-corrected chi connectivity index (χ1v) is 12.3. The van der Waals surface area contributed by atoms with E-state index >= 15 is 0 Å². The van der Waals surface area contributed by atoms with Gasteiger partial charge in [-0.1, -0.05) is 24.9 Å². The lowest BCUT2D eigenvalue weighted by molar-refractivity contribution is -0.123. The monoisotopic (exact) mass is 498 g/mol. The van der Waals surface area contributed by atoms with Gasteiger partial charge < -0.3 is 24.8 Å². The maximum absolute atomic E-state index is 12.7. The van der Waals surface area contributed by atoms with Crippen molar-refractivity contribution in [2.24, 2.45) is 13.0 Å². The standard InChI is InChI=1S/C25H31ClN6O3/c1-4-16-8-10-32(11-9-16)25-28-14-19(26)23(30-25)29-18-6-7-20-17(12-18)13-21(24(34)31(20)3)35-15-22(33)27-5-2/h6-7,12-14,16H,4-5,8-11,15H2,1-3H3,(H,27,33)(H,28,29,30). The molecule has 35 heavy (non-hydrogen) atoms. The van der Waals surface area contributed by atoms with Crippen molar-refractivity contribution in [3.05, 3.63) is 45.8 Å². The highest BCUT2D eigenvalue weighted by atomic mass is 35.5. The van der Waals surface area contributed by atoms with E-state index < -0.39 is 0 Å². The number of fused-ring (bicyclic) bond motifs is 1. The summed E-state index contributed by atoms with van der Waals surface area (Å²) in [6.07, 6.45) is 5.10. The third kappa shape index (κ3) is 5.67. The first kappa shape index (κ1) is 24.8. The summed E-state index contributed by atoms with van der Waals surface area (Å²) in [6.45, 7) is 6.20. The first-order chi connectivity index (χ1) is 16.9. The van der Waals surface area contributed by atoms with Crippen molar-refractivity contribution in [3.63, 3.8) is 0 Å². The Morgan fingerprint density at radius 3 is 2.71 bits per heavy atom. The molecule has 1 saturated heterocycles. The minimum absolute atomic E-state index is 0.112. The van der Waals surface area contributed by atoms with Gasteiger partial charge in [0.1, 0.15) is 5.02 Å². The number of hydrogen-bond acceptors (Lipinski definition) is 7. The molecule has 1 amide bonds. The number of piperidine rings is 1. The summed E-state index contributed by atoms with van der Waals surface area (Å²) in [4.78, 5) is 35.7. The van der Waals surface area contributed by atoms with Crippen molar-refractivity contribution in [3.8, 4) is 5.75 Å². The molecule has 9 nitrogen and oxygen atoms in total. The Hall–Kier alpha value is -3.33. The molecule has 0 atom stereocenters. The number of nitrogens with zero attached hydrogens (tertiary/aromatic N) is 4. The lowest BCUT2D eigenvalue weighted by Gasteiger charge is -2.31. The van der Waals surface area contributed by atoms with E-state index in [1.165, 1.54) is 11.0 Å². The Balaban J connectivity index is 1.57. The summed E-state index contributed by atoms with van der Waals surface area (Å²) < 4.78 is 7.00. The van der Waals surface area contributed by atoms with Crippen LogP contribution in [0.5, 0.6) is 5.75 Å². The lowest BCUT2D eigenvalue weighted by Crippen LogP contribution is -2.34. The van der Waals surface area contributed by atoms with Crippen LogP contribution in [0.2, 0.25) is 5.02 Å². The zero-order chi connectivity index (χ0) is 24.9. The summed E-state index contributed by atoms with van der Waals surface area (Å²) in [7, 11) is 1.67. The second-order valence-electron chi connectivity index (χ2n) is 8.72. The molecule has 2 aromatic heterocycles. The van der Waals surface area contributed by atoms with Crippen LogP contribution in [0.15, 0.2) is 35.3 Å². The first-order valence-electron chi connectivity index (χ1n) is 12.0. The Morgan fingerprint density at radius 1 is 1.23 bits per heavy atom. The highest BCUT2D eigenvalue weighted by Gasteiger charge is 2.20. The fourth-order valence-electron chi connectivity index (χ4n) is 4.30. The predicted molar refractivity (Wildman–Crippen MR) is 139 cm³/mol. The maximum Gasteiger partial charge on any atom is 0.293 e. The number of likely N-dealkylation sites (N-methyl/N-ethyl adjacent to an activating group) is 1. The topological polar surface area (TPSA) is 101 Å². The van der Waals surface area contributed by atoms with Gasteiger partial charge in [-0.25, -0.2) is 4.98 Å². The third-order valence-electron chi connectivity index (χ3n) is 6.39. The molecule has 0 radical (unpaired) electrons. The van der Waals surface area contributed by atoms with Crippen LogP contribution in [0.3, 0.4) is 0 Å². The smallest absolute Gasteiger partial charge is 0.293 e. The fraction of sp³-hybridized carbons (Fsp3) is 0.440. The van der Waals surface area contributed by atoms with Crippen molar-refractivity contribution >= 4 is 45.9 Å². The SMILES string of the molecule is CCNC(=O)COc1cc2cc(Nc3nc(N4CCC(CC)CC4)ncc3Cl)ccc2n(C)c1=O. The summed E-state index contributed by atoms with van der Waals surface area (Å²) in [5.74, 6) is 1.78. The van der Waals surface area contributed by atoms with Crippen LogP contribution in [0, 0.1) is 5.92 Å². The van der Waals surface area contributed by atoms with E-state index in [0.29, 0.717) is 23.3 Å². The summed E-state index contributed by atoms with van der Waals surface area (Å²) >= 11 is 6.41. The van der Waals surface area contributed by atoms with Gasteiger partial charge in [-0.05, 0) is 49.9 Å². The van der Waals surface area contributed by atoms with E-state index in [2.05, 4.69) is 32.4 Å². The molecule has 4 rings (SSSR count). The van der Waals surface area contributed by atoms with Gasteiger partial charge in [0.15, 0.2) is 18.2 Å². The van der Waals surface area contributed by atoms with Crippen molar-refractivity contribution in [2.45, 2.75) is 33.1 Å². The minimum Gasteiger partial charge on any atom is -0.478 e. The molecule has 10 heteroatoms. The van der Waals surface area contributed by atoms with E-state index in [9.17, 15) is 9.59 Å². The quantitative estimate of drug-likeness (QED) is 0.486. The number of hydrogen-bond donors (Lipinski definition) is 2. The predicted octanol–water partition coefficient (Wildman–Crippen LogP) is 3.87. The average Bonchev–Trinajstić information content (AvgIpc) is 2.87. The second kappa shape index (κ2) is 10.9. The molecule has 1 aliphatic heterocycles. The molecule has 0 unspecified atom stereocenters. The molecule has 1 aromatic carbocycles. The van der Waals surface area contributed by atoms with Gasteiger partial charge in [0.25, 0.3) is 11.5 Å². The zero-order valence-electron chi connectivity index (χ0n) is 20.3. The lowest BCUT2D eigenvalue weighted by atomic mass is 9.95. The van der Waals surface area contributed by atoms with E-state index in [4.69, 9.17) is 16.3 Å². The van der Waals surface area contributed by atoms with Gasteiger partial charge in [0.05, 0.1) is 11.7 Å². The summed E-state index contributed by atoms with van der Waals surface area (Å²) in [5.41, 5.74) is 1.18. The van der Waals surface area contributed by atoms with Crippen molar-refractivity contribution in [1.29, 1.82) is 0 Å². The summed E-state index contributed by atoms with van der Waals surface area (Å²) in [6, 6.07) is 7.24. The number of ether oxygens (including phenoxy) is 1. The van der Waals surface area contributed by atoms with E-state index in [0.717, 1.165) is 48.4 Å². The molecule has 3 heterocycles. The van der Waals surface area contributed by atoms with Crippen molar-refractivity contribution in [2.75, 3.05) is 36.5 Å². The molecule has 0 spiro atoms. The number of amides is 1. The Morgan fingerprint density at radius 2 is 2.00 bits per heavy atom. The highest BCUT2D eigenvalue weighted by Crippen LogP contribution is 2.29. The van der Waals surface area contributed by atoms with Crippen LogP contribution >= 0.6 is 11.6 Å². The number of aromatic nitrogens is 3. The second-order valence-corrected chi connectivity index (χ2v) is 9.13. The number of benzene rings is 1. The molecular weight excluding hydrogens is 468 g/mol. The molecule has 186 valence electrons. The Kier molecular flexibility index (Phi) is 7.75. The third-order valence-corrected chi connectivity index (χ3v) is 6.67. The summed E-state index contributed by atoms with van der Waals surface area (Å²) in [5, 5.41) is 7.13. The maximum atomic E-state index is 12.7. The molecule has 2 N–H and O–H groups in total. The van der Waals surface area contributed by atoms with Crippen LogP contribution in [0.25, 0.3) is 10.9 Å². The van der Waals surface area contributed by atoms with Gasteiger partial charge in [0, 0.05) is 37.8 Å². The minimum atomic E-state index is -0.308. The number of carbonyl (C=O) groups excluding carboxylic acids is 1. The molecule has 0 bridgehead atoms. The molecular formula is C25H31ClN6O3. The Bertz CT molecular complexity index is 1270. The number of anilines is 3. The number of nitrogens with one attached hydrogen (secondary N) is 2. The van der Waals surface area contributed by atoms with E-state index in [1.807, 2.05) is 25.1 Å². The van der Waals surface area contributed by atoms with E-state index in [1.54, 1.807) is 19.3 Å². The van der Waals surface area contributed by atoms with Gasteiger partial charge >= 0.3 is 0 Å². The number of halogens is 1. The fourth-order valence-corrected chi connectivity index (χ4v) is 4.44. The molecule has 0 aliphatic carbocycles. The Labute approximate surface area is 209 Å². The van der Waals surface area contributed by atoms with Crippen molar-refractivity contribution in [1.82, 2.24) is 19.9 Å². The average molecular weight is 499 g/mol. The van der Waals surface area contributed by atoms with Crippen LogP contribution in [0.4, 0.5) is 17.5 Å². The molecule has 0 saturated carbocycles. The molecule has 1 fully saturated rings. The van der Waals surface area contributed by atoms with Crippen LogP contribution in [0.1, 0.15) is 33.1 Å². The van der Waals surface area contributed by atoms with Gasteiger partial charge in [-0.15, -0.1) is 0 Å². The molecule has 3 aromatic rings. The number of aryl methyl sites for hydroxylation is 1. The largest absolute Gasteiger partial charge is 0.478 e. The van der Waals surface area contributed by atoms with Crippen LogP contribution in [-0.2, 0) is 11.8 Å². The van der Waals surface area contributed by atoms with Crippen molar-refractivity contribution < 1.29 is 9.53 Å². The van der Waals surface area contributed by atoms with Gasteiger partial charge in [-0.2, -0.15) is 4.98 Å². The normalized spacial score (nSPS) is 14.2. The number of rotatable bonds is 8. The zero-order valence-corrected chi connectivity index (χ0v) is 21.1. The number of pyridine rings is 1. The highest BCUT2D eigenvalue weighted by molar-refractivity contribution is 6.32.